The first kappa shape index (κ1) is 52.4. The maximum absolute atomic E-state index is 14.1. The molecule has 0 aliphatic carbocycles. The maximum Gasteiger partial charge on any atom is 0.322 e. The van der Waals surface area contributed by atoms with Gasteiger partial charge < -0.3 is 64.0 Å². The molecule has 2 rings (SSSR count). The molecule has 2 heterocycles. The van der Waals surface area contributed by atoms with Crippen molar-refractivity contribution in [1.29, 1.82) is 0 Å². The van der Waals surface area contributed by atoms with Gasteiger partial charge in [0.1, 0.15) is 54.4 Å². The number of carbonyl (C=O) groups is 8. The molecule has 4 unspecified atom stereocenters. The smallest absolute Gasteiger partial charge is 0.322 e. The van der Waals surface area contributed by atoms with Gasteiger partial charge in [0, 0.05) is 55.8 Å². The second-order valence-corrected chi connectivity index (χ2v) is 15.9. The van der Waals surface area contributed by atoms with Gasteiger partial charge in [0.15, 0.2) is 0 Å². The molecule has 1 aliphatic rings. The number of nitrogen functional groups attached to an aromatic ring is 1. The van der Waals surface area contributed by atoms with E-state index in [0.717, 1.165) is 23.5 Å². The predicted octanol–water partition coefficient (Wildman–Crippen LogP) is -2.84. The largest absolute Gasteiger partial charge is 0.480 e. The first-order chi connectivity index (χ1) is 29.3. The van der Waals surface area contributed by atoms with Crippen LogP contribution in [0.1, 0.15) is 56.4 Å². The SMILES string of the molecule is C=N/C(=C(N)\N=C/C)C(CC(=O)CC(SC[C@H](NC(=O)CC[C@H](N)C(=O)O)C1OC1NCC(=O)O)c1nccnc1N)SC[C@H](NC(=O)CC[C@@H](N)C(=O)O)C(=O)NCC(=O)O. The maximum atomic E-state index is 14.1. The van der Waals surface area contributed by atoms with Crippen molar-refractivity contribution in [3.63, 3.8) is 0 Å². The number of nitrogens with two attached hydrogens (primary N) is 4. The molecule has 0 radical (unpaired) electrons. The van der Waals surface area contributed by atoms with Gasteiger partial charge in [-0.3, -0.25) is 53.6 Å². The third-order valence-electron chi connectivity index (χ3n) is 8.62. The van der Waals surface area contributed by atoms with Crippen molar-refractivity contribution in [3.05, 3.63) is 29.6 Å². The van der Waals surface area contributed by atoms with Gasteiger partial charge in [-0.1, -0.05) is 0 Å². The lowest BCUT2D eigenvalue weighted by molar-refractivity contribution is -0.140. The van der Waals surface area contributed by atoms with Crippen LogP contribution < -0.4 is 44.2 Å². The minimum atomic E-state index is -1.40. The standard InChI is InChI=1S/C35H52N12O13S2/c1-3-41-30(38)27(40-2)21(62-15-20(32(55)44-12-25(51)52)47-24(50)7-5-18(37)35(58)59)10-16(48)11-22(28-31(39)43-9-8-42-28)61-14-19(29-33(60-29)45-13-26(53)54)46-23(49)6-4-17(36)34(56)57/h3,8-9,17-22,29,33,45H,2,4-7,10-15,36-38H2,1H3,(H2,39,43)(H,44,55)(H,46,49)(H,47,50)(H,51,52)(H,53,54)(H,56,57)(H,58,59)/b30-27-,41-3-/t17-,18+,19-,20-,21?,22?,29?,33?/m0/s1. The van der Waals surface area contributed by atoms with E-state index in [9.17, 15) is 38.4 Å². The van der Waals surface area contributed by atoms with Gasteiger partial charge in [-0.2, -0.15) is 0 Å². The summed E-state index contributed by atoms with van der Waals surface area (Å²) in [5, 5.41) is 44.7. The van der Waals surface area contributed by atoms with Gasteiger partial charge in [0.25, 0.3) is 0 Å². The van der Waals surface area contributed by atoms with Crippen LogP contribution in [0.4, 0.5) is 5.82 Å². The van der Waals surface area contributed by atoms with Crippen LogP contribution in [-0.2, 0) is 43.1 Å². The molecule has 1 fully saturated rings. The van der Waals surface area contributed by atoms with E-state index in [1.165, 1.54) is 18.6 Å². The van der Waals surface area contributed by atoms with Crippen LogP contribution >= 0.6 is 23.5 Å². The first-order valence-corrected chi connectivity index (χ1v) is 20.8. The van der Waals surface area contributed by atoms with Crippen LogP contribution in [0, 0.1) is 0 Å². The minimum Gasteiger partial charge on any atom is -0.480 e. The number of rotatable bonds is 31. The van der Waals surface area contributed by atoms with Gasteiger partial charge in [-0.15, -0.1) is 23.5 Å². The Morgan fingerprint density at radius 3 is 2.03 bits per heavy atom. The molecule has 1 aromatic rings. The molecular weight excluding hydrogens is 861 g/mol. The zero-order chi connectivity index (χ0) is 46.5. The van der Waals surface area contributed by atoms with Gasteiger partial charge in [-0.25, -0.2) is 9.98 Å². The molecule has 25 nitrogen and oxygen atoms in total. The van der Waals surface area contributed by atoms with Crippen LogP contribution in [0.25, 0.3) is 0 Å². The number of anilines is 1. The number of ketones is 1. The molecule has 1 aliphatic heterocycles. The molecule has 1 saturated heterocycles. The number of epoxide rings is 1. The van der Waals surface area contributed by atoms with Crippen LogP contribution in [-0.4, -0.2) is 157 Å². The fraction of sp³-hybridized carbons (Fsp3) is 0.543. The Kier molecular flexibility index (Phi) is 22.5. The molecule has 0 saturated carbocycles. The Labute approximate surface area is 363 Å². The van der Waals surface area contributed by atoms with Gasteiger partial charge in [-0.05, 0) is 26.5 Å². The molecule has 16 N–H and O–H groups in total. The molecule has 27 heteroatoms. The number of carboxylic acids is 4. The molecule has 8 atom stereocenters. The molecule has 0 bridgehead atoms. The normalized spacial score (nSPS) is 17.9. The number of aliphatic imine (C=N–C) groups is 2. The summed E-state index contributed by atoms with van der Waals surface area (Å²) < 4.78 is 5.62. The highest BCUT2D eigenvalue weighted by Crippen LogP contribution is 2.37. The number of hydrogen-bond donors (Lipinski definition) is 12. The van der Waals surface area contributed by atoms with Crippen LogP contribution in [0.15, 0.2) is 33.9 Å². The molecule has 3 amide bonds. The van der Waals surface area contributed by atoms with Crippen LogP contribution in [0.3, 0.4) is 0 Å². The Morgan fingerprint density at radius 2 is 1.48 bits per heavy atom. The van der Waals surface area contributed by atoms with Crippen molar-refractivity contribution in [2.75, 3.05) is 30.3 Å². The zero-order valence-corrected chi connectivity index (χ0v) is 35.1. The molecule has 62 heavy (non-hydrogen) atoms. The highest BCUT2D eigenvalue weighted by molar-refractivity contribution is 8.00. The van der Waals surface area contributed by atoms with Crippen molar-refractivity contribution in [3.8, 4) is 0 Å². The molecule has 342 valence electrons. The number of thioether (sulfide) groups is 2. The van der Waals surface area contributed by atoms with E-state index in [0.29, 0.717) is 0 Å². The topological polar surface area (TPSA) is 433 Å². The number of aliphatic carboxylic acids is 4. The van der Waals surface area contributed by atoms with Crippen molar-refractivity contribution < 1.29 is 63.5 Å². The van der Waals surface area contributed by atoms with Gasteiger partial charge in [0.2, 0.25) is 17.7 Å². The Bertz CT molecular complexity index is 1860. The summed E-state index contributed by atoms with van der Waals surface area (Å²) in [4.78, 5) is 114. The number of aromatic nitrogens is 2. The van der Waals surface area contributed by atoms with Crippen molar-refractivity contribution >= 4 is 89.7 Å². The summed E-state index contributed by atoms with van der Waals surface area (Å²) in [6.07, 6.45) is 0.880. The second kappa shape index (κ2) is 26.6. The number of hydrogen-bond acceptors (Lipinski definition) is 20. The minimum absolute atomic E-state index is 0.0132. The van der Waals surface area contributed by atoms with Crippen LogP contribution in [0.2, 0.25) is 0 Å². The first-order valence-electron chi connectivity index (χ1n) is 18.7. The number of Topliss-reactive ketones (excluding diaryl/α,β-unsaturated/α-hetero) is 1. The van der Waals surface area contributed by atoms with E-state index in [-0.39, 0.29) is 73.1 Å². The summed E-state index contributed by atoms with van der Waals surface area (Å²) >= 11 is 2.07. The Morgan fingerprint density at radius 1 is 0.887 bits per heavy atom. The van der Waals surface area contributed by atoms with Crippen molar-refractivity contribution in [1.82, 2.24) is 31.2 Å². The fourth-order valence-electron chi connectivity index (χ4n) is 5.39. The Balaban J connectivity index is 2.41. The average molecular weight is 913 g/mol. The second-order valence-electron chi connectivity index (χ2n) is 13.4. The third kappa shape index (κ3) is 18.9. The highest BCUT2D eigenvalue weighted by Gasteiger charge is 2.46. The van der Waals surface area contributed by atoms with E-state index in [2.05, 4.69) is 47.9 Å². The quantitative estimate of drug-likeness (QED) is 0.0264. The molecule has 1 aromatic heterocycles. The zero-order valence-electron chi connectivity index (χ0n) is 33.5. The number of ether oxygens (including phenoxy) is 1. The highest BCUT2D eigenvalue weighted by atomic mass is 32.2. The lowest BCUT2D eigenvalue weighted by Gasteiger charge is -2.24. The molecule has 0 aromatic carbocycles. The summed E-state index contributed by atoms with van der Waals surface area (Å²) in [5.74, 6) is -8.23. The average Bonchev–Trinajstić information content (AvgIpc) is 3.99. The number of nitrogens with zero attached hydrogens (tertiary/aromatic N) is 4. The van der Waals surface area contributed by atoms with E-state index in [1.807, 2.05) is 0 Å². The summed E-state index contributed by atoms with van der Waals surface area (Å²) in [6, 6.07) is -4.86. The number of amides is 3. The van der Waals surface area contributed by atoms with Gasteiger partial charge >= 0.3 is 23.9 Å². The van der Waals surface area contributed by atoms with E-state index < -0.39 is 107 Å². The third-order valence-corrected chi connectivity index (χ3v) is 11.3. The lowest BCUT2D eigenvalue weighted by Crippen LogP contribution is -2.49. The summed E-state index contributed by atoms with van der Waals surface area (Å²) in [5.41, 5.74) is 23.7. The number of carboxylic acid groups (broad SMARTS) is 4. The summed E-state index contributed by atoms with van der Waals surface area (Å²) in [6.45, 7) is 3.90. The van der Waals surface area contributed by atoms with E-state index >= 15 is 0 Å². The lowest BCUT2D eigenvalue weighted by atomic mass is 10.1. The van der Waals surface area contributed by atoms with Gasteiger partial charge in [0.05, 0.1) is 34.5 Å². The van der Waals surface area contributed by atoms with E-state index in [1.54, 1.807) is 6.92 Å². The number of carbonyl (C=O) groups excluding carboxylic acids is 4. The summed E-state index contributed by atoms with van der Waals surface area (Å²) in [7, 11) is 0. The van der Waals surface area contributed by atoms with Crippen LogP contribution in [0.5, 0.6) is 0 Å². The Hall–Kier alpha value is -5.74. The van der Waals surface area contributed by atoms with Crippen molar-refractivity contribution in [2.24, 2.45) is 27.2 Å². The monoisotopic (exact) mass is 912 g/mol. The van der Waals surface area contributed by atoms with Crippen molar-refractivity contribution in [2.45, 2.75) is 92.4 Å². The predicted molar refractivity (Wildman–Crippen MR) is 226 cm³/mol. The molecular formula is C35H52N12O13S2. The fourth-order valence-corrected chi connectivity index (χ4v) is 8.07. The number of nitrogens with one attached hydrogen (secondary N) is 4. The van der Waals surface area contributed by atoms with E-state index in [4.69, 9.17) is 48.1 Å². The molecule has 0 spiro atoms.